The summed E-state index contributed by atoms with van der Waals surface area (Å²) in [7, 11) is 1.35. The average Bonchev–Trinajstić information content (AvgIpc) is 2.88. The van der Waals surface area contributed by atoms with Gasteiger partial charge in [-0.2, -0.15) is 9.78 Å². The number of nitrogens with zero attached hydrogens (tertiary/aromatic N) is 5. The Hall–Kier alpha value is -3.72. The maximum Gasteiger partial charge on any atom is 0.351 e. The molecule has 2 aromatic carbocycles. The summed E-state index contributed by atoms with van der Waals surface area (Å²) in [6.45, 7) is 11.4. The van der Waals surface area contributed by atoms with Crippen molar-refractivity contribution in [2.75, 3.05) is 44.2 Å². The number of carbonyl (C=O) groups excluding carboxylic acids is 1. The highest BCUT2D eigenvalue weighted by Gasteiger charge is 2.20. The first-order valence-corrected chi connectivity index (χ1v) is 12.3. The van der Waals surface area contributed by atoms with Crippen LogP contribution in [-0.4, -0.2) is 64.4 Å². The minimum atomic E-state index is -0.705. The van der Waals surface area contributed by atoms with Crippen molar-refractivity contribution in [2.24, 2.45) is 7.05 Å². The molecule has 0 radical (unpaired) electrons. The van der Waals surface area contributed by atoms with Crippen molar-refractivity contribution in [3.05, 3.63) is 85.7 Å². The van der Waals surface area contributed by atoms with Gasteiger partial charge in [-0.1, -0.05) is 29.8 Å². The van der Waals surface area contributed by atoms with Gasteiger partial charge >= 0.3 is 5.69 Å². The third kappa shape index (κ3) is 5.57. The zero-order valence-corrected chi connectivity index (χ0v) is 21.5. The van der Waals surface area contributed by atoms with Crippen LogP contribution in [0.1, 0.15) is 33.6 Å². The van der Waals surface area contributed by atoms with E-state index in [1.54, 1.807) is 12.1 Å². The van der Waals surface area contributed by atoms with Gasteiger partial charge in [0, 0.05) is 45.5 Å². The van der Waals surface area contributed by atoms with Crippen LogP contribution in [0.5, 0.6) is 0 Å². The molecule has 4 rings (SSSR count). The fraction of sp³-hybridized carbons (Fsp3) is 0.407. The van der Waals surface area contributed by atoms with Crippen LogP contribution in [0.3, 0.4) is 0 Å². The van der Waals surface area contributed by atoms with Gasteiger partial charge in [0.05, 0.1) is 5.69 Å². The number of amides is 1. The van der Waals surface area contributed by atoms with Crippen LogP contribution in [0.4, 0.5) is 5.69 Å². The monoisotopic (exact) mass is 490 g/mol. The van der Waals surface area contributed by atoms with E-state index in [2.05, 4.69) is 52.3 Å². The Morgan fingerprint density at radius 1 is 0.944 bits per heavy atom. The zero-order chi connectivity index (χ0) is 25.8. The first kappa shape index (κ1) is 25.4. The number of aromatic nitrogens is 3. The molecule has 1 fully saturated rings. The van der Waals surface area contributed by atoms with Crippen LogP contribution in [-0.2, 0) is 7.05 Å². The third-order valence-corrected chi connectivity index (χ3v) is 6.68. The van der Waals surface area contributed by atoms with Gasteiger partial charge in [-0.05, 0) is 63.1 Å². The maximum atomic E-state index is 12.8. The molecule has 0 spiro atoms. The highest BCUT2D eigenvalue weighted by Crippen LogP contribution is 2.22. The van der Waals surface area contributed by atoms with Gasteiger partial charge in [-0.15, -0.1) is 0 Å². The van der Waals surface area contributed by atoms with Gasteiger partial charge < -0.3 is 10.2 Å². The van der Waals surface area contributed by atoms with Gasteiger partial charge in [0.15, 0.2) is 0 Å². The van der Waals surface area contributed by atoms with E-state index in [0.29, 0.717) is 12.2 Å². The highest BCUT2D eigenvalue weighted by molar-refractivity contribution is 5.91. The second kappa shape index (κ2) is 10.9. The molecule has 1 aromatic heterocycles. The van der Waals surface area contributed by atoms with Gasteiger partial charge in [0.1, 0.15) is 0 Å². The largest absolute Gasteiger partial charge is 0.369 e. The number of hydrogen-bond donors (Lipinski definition) is 1. The molecule has 36 heavy (non-hydrogen) atoms. The molecule has 0 aliphatic carbocycles. The minimum Gasteiger partial charge on any atom is -0.369 e. The second-order valence-corrected chi connectivity index (χ2v) is 9.47. The summed E-state index contributed by atoms with van der Waals surface area (Å²) in [6.07, 6.45) is 0.757. The Morgan fingerprint density at radius 2 is 1.61 bits per heavy atom. The second-order valence-electron chi connectivity index (χ2n) is 9.47. The Kier molecular flexibility index (Phi) is 7.69. The van der Waals surface area contributed by atoms with Gasteiger partial charge in [0.2, 0.25) is 5.69 Å². The van der Waals surface area contributed by atoms with E-state index in [1.165, 1.54) is 23.9 Å². The summed E-state index contributed by atoms with van der Waals surface area (Å²) in [5.74, 6) is -0.573. The summed E-state index contributed by atoms with van der Waals surface area (Å²) < 4.78 is 2.00. The molecule has 0 saturated carbocycles. The van der Waals surface area contributed by atoms with Crippen LogP contribution in [0.2, 0.25) is 0 Å². The highest BCUT2D eigenvalue weighted by atomic mass is 16.2. The van der Waals surface area contributed by atoms with Crippen LogP contribution >= 0.6 is 0 Å². The number of benzene rings is 2. The van der Waals surface area contributed by atoms with Crippen molar-refractivity contribution >= 4 is 11.6 Å². The number of rotatable bonds is 7. The van der Waals surface area contributed by atoms with Crippen molar-refractivity contribution in [3.63, 3.8) is 0 Å². The Balaban J connectivity index is 1.31. The fourth-order valence-electron chi connectivity index (χ4n) is 4.43. The summed E-state index contributed by atoms with van der Waals surface area (Å²) in [6, 6.07) is 13.7. The van der Waals surface area contributed by atoms with Gasteiger partial charge in [0.25, 0.3) is 11.5 Å². The molecule has 1 saturated heterocycles. The molecule has 9 heteroatoms. The summed E-state index contributed by atoms with van der Waals surface area (Å²) >= 11 is 0. The molecule has 1 aliphatic rings. The molecule has 1 amide bonds. The third-order valence-electron chi connectivity index (χ3n) is 6.68. The van der Waals surface area contributed by atoms with Gasteiger partial charge in [-0.25, -0.2) is 4.79 Å². The molecule has 1 aliphatic heterocycles. The number of carbonyl (C=O) groups is 1. The fourth-order valence-corrected chi connectivity index (χ4v) is 4.43. The number of anilines is 1. The van der Waals surface area contributed by atoms with E-state index >= 15 is 0 Å². The minimum absolute atomic E-state index is 0.292. The lowest BCUT2D eigenvalue weighted by atomic mass is 10.1. The molecule has 190 valence electrons. The van der Waals surface area contributed by atoms with Crippen LogP contribution in [0.15, 0.2) is 52.1 Å². The van der Waals surface area contributed by atoms with E-state index in [0.717, 1.165) is 54.0 Å². The summed E-state index contributed by atoms with van der Waals surface area (Å²) in [5, 5.41) is 6.89. The molecule has 2 heterocycles. The molecule has 0 atom stereocenters. The average molecular weight is 491 g/mol. The first-order valence-electron chi connectivity index (χ1n) is 12.3. The SMILES string of the molecule is Cc1ccc(-n2nc(C(=O)NCCCN3CCN(c4cc(C)ccc4C)CC3)c(=O)n(C)c2=O)cc1. The lowest BCUT2D eigenvalue weighted by molar-refractivity contribution is 0.0941. The molecule has 0 unspecified atom stereocenters. The molecule has 3 aromatic rings. The summed E-state index contributed by atoms with van der Waals surface area (Å²) in [4.78, 5) is 42.7. The van der Waals surface area contributed by atoms with Crippen LogP contribution in [0, 0.1) is 20.8 Å². The van der Waals surface area contributed by atoms with E-state index in [9.17, 15) is 14.4 Å². The molecular weight excluding hydrogens is 456 g/mol. The smallest absolute Gasteiger partial charge is 0.351 e. The zero-order valence-electron chi connectivity index (χ0n) is 21.5. The van der Waals surface area contributed by atoms with Crippen molar-refractivity contribution < 1.29 is 4.79 Å². The molecule has 1 N–H and O–H groups in total. The van der Waals surface area contributed by atoms with Gasteiger partial charge in [-0.3, -0.25) is 19.1 Å². The van der Waals surface area contributed by atoms with E-state index < -0.39 is 17.2 Å². The van der Waals surface area contributed by atoms with E-state index in [-0.39, 0.29) is 5.69 Å². The topological polar surface area (TPSA) is 92.5 Å². The summed E-state index contributed by atoms with van der Waals surface area (Å²) in [5.41, 5.74) is 3.81. The normalized spacial score (nSPS) is 14.2. The van der Waals surface area contributed by atoms with E-state index in [4.69, 9.17) is 0 Å². The maximum absolute atomic E-state index is 12.8. The Labute approximate surface area is 211 Å². The number of piperazine rings is 1. The van der Waals surface area contributed by atoms with Crippen LogP contribution < -0.4 is 21.5 Å². The predicted octanol–water partition coefficient (Wildman–Crippen LogP) is 1.80. The van der Waals surface area contributed by atoms with Crippen molar-refractivity contribution in [1.29, 1.82) is 0 Å². The van der Waals surface area contributed by atoms with Crippen molar-refractivity contribution in [1.82, 2.24) is 24.6 Å². The molecule has 9 nitrogen and oxygen atoms in total. The number of aryl methyl sites for hydroxylation is 3. The Bertz CT molecular complexity index is 1350. The standard InChI is InChI=1S/C27H34N6O3/c1-19-7-10-22(11-8-19)33-27(36)30(4)26(35)24(29-33)25(34)28-12-5-13-31-14-16-32(17-15-31)23-18-20(2)6-9-21(23)3/h6-11,18H,5,12-17H2,1-4H3,(H,28,34). The lowest BCUT2D eigenvalue weighted by Crippen LogP contribution is -2.47. The number of hydrogen-bond acceptors (Lipinski definition) is 6. The number of nitrogens with one attached hydrogen (secondary N) is 1. The van der Waals surface area contributed by atoms with Crippen LogP contribution in [0.25, 0.3) is 5.69 Å². The Morgan fingerprint density at radius 3 is 2.31 bits per heavy atom. The van der Waals surface area contributed by atoms with Crippen molar-refractivity contribution in [2.45, 2.75) is 27.2 Å². The van der Waals surface area contributed by atoms with Crippen molar-refractivity contribution in [3.8, 4) is 5.69 Å². The molecule has 0 bridgehead atoms. The molecular formula is C27H34N6O3. The lowest BCUT2D eigenvalue weighted by Gasteiger charge is -2.37. The quantitative estimate of drug-likeness (QED) is 0.508. The first-order chi connectivity index (χ1) is 17.2. The predicted molar refractivity (Wildman–Crippen MR) is 141 cm³/mol. The van der Waals surface area contributed by atoms with E-state index in [1.807, 2.05) is 19.1 Å².